The Kier molecular flexibility index (Phi) is 4.28. The smallest absolute Gasteiger partial charge is 0.242 e. The van der Waals surface area contributed by atoms with Gasteiger partial charge in [-0.2, -0.15) is 5.26 Å². The Labute approximate surface area is 146 Å². The molecule has 0 radical (unpaired) electrons. The minimum absolute atomic E-state index is 0.219. The van der Waals surface area contributed by atoms with Crippen molar-refractivity contribution in [2.45, 2.75) is 20.3 Å². The standard InChI is InChI=1S/C20H19N3O2/c1-20(2,18(24)22-16-9-7-14(13-21)8-10-16)19(25)23-12-11-15-5-3-4-6-17(15)23/h3-10H,11-12H2,1-2H3,(H,22,24). The van der Waals surface area contributed by atoms with Crippen molar-refractivity contribution in [3.05, 3.63) is 59.7 Å². The Hall–Kier alpha value is -3.13. The van der Waals surface area contributed by atoms with E-state index in [-0.39, 0.29) is 11.8 Å². The lowest BCUT2D eigenvalue weighted by Crippen LogP contribution is -2.47. The van der Waals surface area contributed by atoms with Gasteiger partial charge >= 0.3 is 0 Å². The van der Waals surface area contributed by atoms with Crippen LogP contribution in [0.2, 0.25) is 0 Å². The molecule has 1 aliphatic rings. The highest BCUT2D eigenvalue weighted by Gasteiger charge is 2.41. The van der Waals surface area contributed by atoms with Gasteiger partial charge < -0.3 is 10.2 Å². The molecule has 0 spiro atoms. The fraction of sp³-hybridized carbons (Fsp3) is 0.250. The summed E-state index contributed by atoms with van der Waals surface area (Å²) in [6.07, 6.45) is 0.801. The first-order valence-corrected chi connectivity index (χ1v) is 8.15. The van der Waals surface area contributed by atoms with Crippen molar-refractivity contribution in [1.29, 1.82) is 5.26 Å². The van der Waals surface area contributed by atoms with Crippen molar-refractivity contribution in [2.24, 2.45) is 5.41 Å². The van der Waals surface area contributed by atoms with Crippen LogP contribution in [0.5, 0.6) is 0 Å². The van der Waals surface area contributed by atoms with Crippen molar-refractivity contribution in [1.82, 2.24) is 0 Å². The second-order valence-corrected chi connectivity index (χ2v) is 6.60. The first kappa shape index (κ1) is 16.7. The lowest BCUT2D eigenvalue weighted by atomic mass is 9.90. The molecule has 5 nitrogen and oxygen atoms in total. The van der Waals surface area contributed by atoms with Crippen molar-refractivity contribution >= 4 is 23.2 Å². The zero-order valence-corrected chi connectivity index (χ0v) is 14.2. The number of fused-ring (bicyclic) bond motifs is 1. The van der Waals surface area contributed by atoms with Crippen molar-refractivity contribution in [3.63, 3.8) is 0 Å². The van der Waals surface area contributed by atoms with E-state index in [4.69, 9.17) is 5.26 Å². The average molecular weight is 333 g/mol. The van der Waals surface area contributed by atoms with Gasteiger partial charge in [-0.05, 0) is 56.2 Å². The predicted octanol–water partition coefficient (Wildman–Crippen LogP) is 3.11. The van der Waals surface area contributed by atoms with Gasteiger partial charge in [-0.25, -0.2) is 0 Å². The van der Waals surface area contributed by atoms with Crippen LogP contribution in [0.25, 0.3) is 0 Å². The van der Waals surface area contributed by atoms with Gasteiger partial charge in [0.15, 0.2) is 0 Å². The molecule has 0 unspecified atom stereocenters. The lowest BCUT2D eigenvalue weighted by molar-refractivity contribution is -0.136. The van der Waals surface area contributed by atoms with Crippen LogP contribution in [0.4, 0.5) is 11.4 Å². The minimum atomic E-state index is -1.20. The fourth-order valence-corrected chi connectivity index (χ4v) is 2.90. The normalized spacial score (nSPS) is 13.1. The van der Waals surface area contributed by atoms with Gasteiger partial charge in [0.25, 0.3) is 0 Å². The highest BCUT2D eigenvalue weighted by molar-refractivity contribution is 6.15. The molecule has 2 amide bonds. The van der Waals surface area contributed by atoms with Gasteiger partial charge in [0.2, 0.25) is 11.8 Å². The Morgan fingerprint density at radius 3 is 2.48 bits per heavy atom. The highest BCUT2D eigenvalue weighted by atomic mass is 16.2. The molecule has 0 saturated heterocycles. The van der Waals surface area contributed by atoms with Crippen molar-refractivity contribution in [2.75, 3.05) is 16.8 Å². The Bertz CT molecular complexity index is 863. The molecule has 0 aliphatic carbocycles. The van der Waals surface area contributed by atoms with E-state index in [9.17, 15) is 9.59 Å². The molecule has 126 valence electrons. The summed E-state index contributed by atoms with van der Waals surface area (Å²) in [7, 11) is 0. The van der Waals surface area contributed by atoms with Crippen molar-refractivity contribution < 1.29 is 9.59 Å². The maximum atomic E-state index is 13.0. The third kappa shape index (κ3) is 3.11. The van der Waals surface area contributed by atoms with Crippen LogP contribution in [-0.2, 0) is 16.0 Å². The van der Waals surface area contributed by atoms with Gasteiger partial charge in [0, 0.05) is 17.9 Å². The van der Waals surface area contributed by atoms with Crippen LogP contribution < -0.4 is 10.2 Å². The number of nitriles is 1. The number of hydrogen-bond donors (Lipinski definition) is 1. The zero-order valence-electron chi connectivity index (χ0n) is 14.2. The summed E-state index contributed by atoms with van der Waals surface area (Å²) in [5.41, 5.74) is 1.88. The van der Waals surface area contributed by atoms with Crippen LogP contribution in [0.3, 0.4) is 0 Å². The highest BCUT2D eigenvalue weighted by Crippen LogP contribution is 2.32. The van der Waals surface area contributed by atoms with Crippen molar-refractivity contribution in [3.8, 4) is 6.07 Å². The van der Waals surface area contributed by atoms with E-state index >= 15 is 0 Å². The number of nitrogens with one attached hydrogen (secondary N) is 1. The Morgan fingerprint density at radius 1 is 1.12 bits per heavy atom. The molecular weight excluding hydrogens is 314 g/mol. The average Bonchev–Trinajstić information content (AvgIpc) is 3.05. The number of anilines is 2. The topological polar surface area (TPSA) is 73.2 Å². The molecule has 0 fully saturated rings. The number of para-hydroxylation sites is 1. The molecule has 5 heteroatoms. The van der Waals surface area contributed by atoms with Crippen LogP contribution in [0, 0.1) is 16.7 Å². The SMILES string of the molecule is CC(C)(C(=O)Nc1ccc(C#N)cc1)C(=O)N1CCc2ccccc21. The van der Waals surface area contributed by atoms with Crippen LogP contribution in [-0.4, -0.2) is 18.4 Å². The summed E-state index contributed by atoms with van der Waals surface area (Å²) >= 11 is 0. The summed E-state index contributed by atoms with van der Waals surface area (Å²) in [4.78, 5) is 27.3. The van der Waals surface area contributed by atoms with E-state index in [0.29, 0.717) is 17.8 Å². The summed E-state index contributed by atoms with van der Waals surface area (Å²) in [6, 6.07) is 16.4. The summed E-state index contributed by atoms with van der Waals surface area (Å²) in [5.74, 6) is -0.588. The van der Waals surface area contributed by atoms with E-state index < -0.39 is 5.41 Å². The zero-order chi connectivity index (χ0) is 18.0. The molecule has 2 aromatic carbocycles. The monoisotopic (exact) mass is 333 g/mol. The third-order valence-corrected chi connectivity index (χ3v) is 4.51. The molecule has 3 rings (SSSR count). The number of carbonyl (C=O) groups excluding carboxylic acids is 2. The van der Waals surface area contributed by atoms with Crippen LogP contribution in [0.15, 0.2) is 48.5 Å². The number of nitrogens with zero attached hydrogens (tertiary/aromatic N) is 2. The second kappa shape index (κ2) is 6.40. The number of amides is 2. The van der Waals surface area contributed by atoms with E-state index in [1.165, 1.54) is 0 Å². The molecular formula is C20H19N3O2. The first-order valence-electron chi connectivity index (χ1n) is 8.15. The fourth-order valence-electron chi connectivity index (χ4n) is 2.90. The number of carbonyl (C=O) groups is 2. The van der Waals surface area contributed by atoms with Gasteiger partial charge in [-0.1, -0.05) is 18.2 Å². The van der Waals surface area contributed by atoms with Gasteiger partial charge in [-0.15, -0.1) is 0 Å². The van der Waals surface area contributed by atoms with Gasteiger partial charge in [0.1, 0.15) is 5.41 Å². The molecule has 2 aromatic rings. The lowest BCUT2D eigenvalue weighted by Gasteiger charge is -2.28. The first-order chi connectivity index (χ1) is 11.9. The Morgan fingerprint density at radius 2 is 1.80 bits per heavy atom. The summed E-state index contributed by atoms with van der Waals surface area (Å²) in [5, 5.41) is 11.6. The minimum Gasteiger partial charge on any atom is -0.325 e. The predicted molar refractivity (Wildman–Crippen MR) is 96.1 cm³/mol. The largest absolute Gasteiger partial charge is 0.325 e. The summed E-state index contributed by atoms with van der Waals surface area (Å²) in [6.45, 7) is 3.86. The van der Waals surface area contributed by atoms with Gasteiger partial charge in [-0.3, -0.25) is 9.59 Å². The number of hydrogen-bond acceptors (Lipinski definition) is 3. The van der Waals surface area contributed by atoms with Crippen LogP contribution >= 0.6 is 0 Å². The van der Waals surface area contributed by atoms with E-state index in [1.807, 2.05) is 30.3 Å². The number of benzene rings is 2. The molecule has 0 saturated carbocycles. The molecule has 1 heterocycles. The summed E-state index contributed by atoms with van der Waals surface area (Å²) < 4.78 is 0. The molecule has 0 bridgehead atoms. The molecule has 1 aliphatic heterocycles. The third-order valence-electron chi connectivity index (χ3n) is 4.51. The molecule has 1 N–H and O–H groups in total. The quantitative estimate of drug-likeness (QED) is 0.877. The second-order valence-electron chi connectivity index (χ2n) is 6.60. The maximum Gasteiger partial charge on any atom is 0.242 e. The molecule has 0 aromatic heterocycles. The molecule has 0 atom stereocenters. The Balaban J connectivity index is 1.77. The number of rotatable bonds is 3. The van der Waals surface area contributed by atoms with Gasteiger partial charge in [0.05, 0.1) is 11.6 Å². The van der Waals surface area contributed by atoms with E-state index in [2.05, 4.69) is 5.32 Å². The van der Waals surface area contributed by atoms with E-state index in [0.717, 1.165) is 17.7 Å². The van der Waals surface area contributed by atoms with E-state index in [1.54, 1.807) is 43.0 Å². The maximum absolute atomic E-state index is 13.0. The van der Waals surface area contributed by atoms with Crippen LogP contribution in [0.1, 0.15) is 25.0 Å². The molecule has 25 heavy (non-hydrogen) atoms.